The van der Waals surface area contributed by atoms with Crippen molar-refractivity contribution in [2.45, 2.75) is 13.3 Å². The number of nitrogens with zero attached hydrogens (tertiary/aromatic N) is 2. The Balaban J connectivity index is 2.13. The normalized spacial score (nSPS) is 17.9. The lowest BCUT2D eigenvalue weighted by atomic mass is 9.98. The molecule has 2 nitrogen and oxygen atoms in total. The summed E-state index contributed by atoms with van der Waals surface area (Å²) in [4.78, 5) is 0. The maximum atomic E-state index is 9.22. The van der Waals surface area contributed by atoms with Gasteiger partial charge in [0.15, 0.2) is 0 Å². The van der Waals surface area contributed by atoms with Crippen molar-refractivity contribution in [3.05, 3.63) is 64.7 Å². The quantitative estimate of drug-likeness (QED) is 0.535. The van der Waals surface area contributed by atoms with Gasteiger partial charge in [-0.3, -0.25) is 0 Å². The molecule has 112 valence electrons. The number of para-hydroxylation sites is 1. The van der Waals surface area contributed by atoms with Gasteiger partial charge in [-0.2, -0.15) is 5.26 Å². The number of benzene rings is 2. The molecule has 3 heteroatoms. The molecule has 0 N–H and O–H groups in total. The summed E-state index contributed by atoms with van der Waals surface area (Å²) in [5.74, 6) is 0.450. The first-order valence-electron chi connectivity index (χ1n) is 7.70. The van der Waals surface area contributed by atoms with Gasteiger partial charge in [-0.25, -0.2) is 0 Å². The molecule has 2 aromatic carbocycles. The van der Waals surface area contributed by atoms with Crippen molar-refractivity contribution in [3.63, 3.8) is 0 Å². The fourth-order valence-electron chi connectivity index (χ4n) is 3.36. The molecule has 1 unspecified atom stereocenters. The van der Waals surface area contributed by atoms with Gasteiger partial charge in [0.25, 0.3) is 0 Å². The van der Waals surface area contributed by atoms with Crippen molar-refractivity contribution < 1.29 is 0 Å². The van der Waals surface area contributed by atoms with E-state index in [2.05, 4.69) is 76.0 Å². The van der Waals surface area contributed by atoms with Crippen molar-refractivity contribution in [2.75, 3.05) is 0 Å². The average Bonchev–Trinajstić information content (AvgIpc) is 2.90. The zero-order chi connectivity index (χ0) is 16.0. The topological polar surface area (TPSA) is 28.7 Å². The average molecular weight is 363 g/mol. The highest BCUT2D eigenvalue weighted by Gasteiger charge is 2.19. The zero-order valence-corrected chi connectivity index (χ0v) is 14.3. The van der Waals surface area contributed by atoms with Crippen LogP contribution in [0.2, 0.25) is 0 Å². The van der Waals surface area contributed by atoms with E-state index in [0.717, 1.165) is 21.8 Å². The first-order valence-corrected chi connectivity index (χ1v) is 8.49. The third-order valence-electron chi connectivity index (χ3n) is 4.52. The summed E-state index contributed by atoms with van der Waals surface area (Å²) in [5.41, 5.74) is 4.34. The zero-order valence-electron chi connectivity index (χ0n) is 12.8. The minimum atomic E-state index is 0.450. The number of hydrogen-bond donors (Lipinski definition) is 0. The van der Waals surface area contributed by atoms with E-state index in [1.54, 1.807) is 0 Å². The van der Waals surface area contributed by atoms with Crippen molar-refractivity contribution in [3.8, 4) is 6.07 Å². The van der Waals surface area contributed by atoms with Crippen molar-refractivity contribution in [2.24, 2.45) is 5.92 Å². The third-order valence-corrected chi connectivity index (χ3v) is 5.07. The van der Waals surface area contributed by atoms with Crippen LogP contribution in [0.1, 0.15) is 18.9 Å². The maximum absolute atomic E-state index is 9.22. The van der Waals surface area contributed by atoms with Crippen LogP contribution in [0.4, 0.5) is 0 Å². The van der Waals surface area contributed by atoms with Crippen LogP contribution >= 0.6 is 15.9 Å². The number of allylic oxidation sites excluding steroid dienone is 4. The van der Waals surface area contributed by atoms with Crippen LogP contribution in [0.15, 0.2) is 59.1 Å². The fraction of sp³-hybridized carbons (Fsp3) is 0.150. The largest absolute Gasteiger partial charge is 0.313 e. The predicted octanol–water partition coefficient (Wildman–Crippen LogP) is 5.83. The Kier molecular flexibility index (Phi) is 3.36. The minimum absolute atomic E-state index is 0.450. The van der Waals surface area contributed by atoms with Gasteiger partial charge in [0.05, 0.1) is 22.7 Å². The molecule has 1 aliphatic rings. The van der Waals surface area contributed by atoms with Crippen LogP contribution in [0, 0.1) is 17.2 Å². The summed E-state index contributed by atoms with van der Waals surface area (Å²) in [7, 11) is 0. The number of fused-ring (bicyclic) bond motifs is 3. The summed E-state index contributed by atoms with van der Waals surface area (Å²) in [6.45, 7) is 2.26. The molecule has 0 fully saturated rings. The molecule has 1 aliphatic carbocycles. The molecule has 3 aromatic rings. The van der Waals surface area contributed by atoms with E-state index in [9.17, 15) is 5.26 Å². The number of halogens is 1. The van der Waals surface area contributed by atoms with Gasteiger partial charge in [-0.05, 0) is 36.8 Å². The number of aromatic nitrogens is 1. The van der Waals surface area contributed by atoms with Crippen molar-refractivity contribution >= 4 is 43.4 Å². The van der Waals surface area contributed by atoms with Crippen LogP contribution in [0.25, 0.3) is 27.5 Å². The van der Waals surface area contributed by atoms with Crippen LogP contribution in [0.5, 0.6) is 0 Å². The van der Waals surface area contributed by atoms with Crippen LogP contribution in [-0.4, -0.2) is 4.57 Å². The molecule has 0 spiro atoms. The van der Waals surface area contributed by atoms with Crippen molar-refractivity contribution in [1.82, 2.24) is 4.57 Å². The Morgan fingerprint density at radius 3 is 2.74 bits per heavy atom. The van der Waals surface area contributed by atoms with E-state index < -0.39 is 0 Å². The second-order valence-corrected chi connectivity index (χ2v) is 6.91. The summed E-state index contributed by atoms with van der Waals surface area (Å²) in [6, 6.07) is 16.6. The molecule has 1 aromatic heterocycles. The minimum Gasteiger partial charge on any atom is -0.313 e. The summed E-state index contributed by atoms with van der Waals surface area (Å²) >= 11 is 3.62. The number of nitriles is 1. The third kappa shape index (κ3) is 2.22. The van der Waals surface area contributed by atoms with Crippen LogP contribution in [0.3, 0.4) is 0 Å². The molecule has 23 heavy (non-hydrogen) atoms. The second-order valence-electron chi connectivity index (χ2n) is 5.99. The van der Waals surface area contributed by atoms with Crippen LogP contribution in [-0.2, 0) is 0 Å². The molecule has 0 bridgehead atoms. The highest BCUT2D eigenvalue weighted by atomic mass is 79.9. The lowest BCUT2D eigenvalue weighted by Gasteiger charge is -2.21. The molecule has 1 heterocycles. The first-order chi connectivity index (χ1) is 11.2. The van der Waals surface area contributed by atoms with Gasteiger partial charge < -0.3 is 4.57 Å². The van der Waals surface area contributed by atoms with Gasteiger partial charge in [0.1, 0.15) is 0 Å². The molecule has 0 radical (unpaired) electrons. The molecule has 0 amide bonds. The molecule has 4 rings (SSSR count). The van der Waals surface area contributed by atoms with Crippen LogP contribution < -0.4 is 0 Å². The van der Waals surface area contributed by atoms with E-state index in [1.165, 1.54) is 16.6 Å². The van der Waals surface area contributed by atoms with Gasteiger partial charge in [0.2, 0.25) is 0 Å². The highest BCUT2D eigenvalue weighted by molar-refractivity contribution is 9.11. The summed E-state index contributed by atoms with van der Waals surface area (Å²) in [6.07, 6.45) is 5.45. The standard InChI is InChI=1S/C20H15BrN2/c1-13-6-8-15(21)11-20(13)23-18-5-3-2-4-16(18)17-10-14(12-22)7-9-19(17)23/h2-5,7-11,13H,6H2,1H3. The molecule has 0 saturated carbocycles. The van der Waals surface area contributed by atoms with E-state index in [4.69, 9.17) is 0 Å². The van der Waals surface area contributed by atoms with E-state index in [-0.39, 0.29) is 0 Å². The Morgan fingerprint density at radius 2 is 1.91 bits per heavy atom. The van der Waals surface area contributed by atoms with Crippen molar-refractivity contribution in [1.29, 1.82) is 5.26 Å². The highest BCUT2D eigenvalue weighted by Crippen LogP contribution is 2.37. The fourth-order valence-corrected chi connectivity index (χ4v) is 3.78. The Bertz CT molecular complexity index is 1030. The Morgan fingerprint density at radius 1 is 1.13 bits per heavy atom. The number of hydrogen-bond acceptors (Lipinski definition) is 1. The monoisotopic (exact) mass is 362 g/mol. The lowest BCUT2D eigenvalue weighted by Crippen LogP contribution is -2.08. The summed E-state index contributed by atoms with van der Waals surface area (Å²) < 4.78 is 3.47. The van der Waals surface area contributed by atoms with Gasteiger partial charge in [0, 0.05) is 26.9 Å². The molecular formula is C20H15BrN2. The molecular weight excluding hydrogens is 348 g/mol. The van der Waals surface area contributed by atoms with Gasteiger partial charge >= 0.3 is 0 Å². The smallest absolute Gasteiger partial charge is 0.0991 e. The Labute approximate surface area is 143 Å². The van der Waals surface area contributed by atoms with Gasteiger partial charge in [-0.15, -0.1) is 0 Å². The molecule has 1 atom stereocenters. The molecule has 0 aliphatic heterocycles. The SMILES string of the molecule is CC1CC=C(Br)C=C1n1c2ccccc2c2cc(C#N)ccc21. The van der Waals surface area contributed by atoms with E-state index in [0.29, 0.717) is 11.5 Å². The maximum Gasteiger partial charge on any atom is 0.0991 e. The lowest BCUT2D eigenvalue weighted by molar-refractivity contribution is 0.724. The second kappa shape index (κ2) is 5.40. The first kappa shape index (κ1) is 14.3. The Hall–Kier alpha value is -2.31. The van der Waals surface area contributed by atoms with Gasteiger partial charge in [-0.1, -0.05) is 47.1 Å². The molecule has 0 saturated heterocycles. The van der Waals surface area contributed by atoms with E-state index >= 15 is 0 Å². The number of rotatable bonds is 1. The predicted molar refractivity (Wildman–Crippen MR) is 99.2 cm³/mol. The van der Waals surface area contributed by atoms with E-state index in [1.807, 2.05) is 12.1 Å². The summed E-state index contributed by atoms with van der Waals surface area (Å²) in [5, 5.41) is 11.5.